The highest BCUT2D eigenvalue weighted by Crippen LogP contribution is 2.16. The minimum atomic E-state index is 0.324. The molecule has 2 rings (SSSR count). The molecule has 0 radical (unpaired) electrons. The molecule has 17 heavy (non-hydrogen) atoms. The fourth-order valence-electron chi connectivity index (χ4n) is 1.73. The standard InChI is InChI=1S/C12H14ClN3O/c1-9-4-3-5-10(6-9)16-11(7-13)14-15-12(16)8-17-2/h3-6H,7-8H2,1-2H3. The molecule has 0 aliphatic rings. The van der Waals surface area contributed by atoms with Crippen LogP contribution in [0, 0.1) is 6.92 Å². The summed E-state index contributed by atoms with van der Waals surface area (Å²) in [6.07, 6.45) is 0. The van der Waals surface area contributed by atoms with Gasteiger partial charge < -0.3 is 4.74 Å². The predicted molar refractivity (Wildman–Crippen MR) is 66.4 cm³/mol. The zero-order valence-electron chi connectivity index (χ0n) is 9.85. The molecule has 0 spiro atoms. The minimum absolute atomic E-state index is 0.324. The van der Waals surface area contributed by atoms with Gasteiger partial charge in [0.2, 0.25) is 0 Å². The lowest BCUT2D eigenvalue weighted by molar-refractivity contribution is 0.176. The van der Waals surface area contributed by atoms with E-state index in [2.05, 4.69) is 16.3 Å². The lowest BCUT2D eigenvalue weighted by Gasteiger charge is -2.09. The summed E-state index contributed by atoms with van der Waals surface area (Å²) in [5, 5.41) is 8.15. The highest BCUT2D eigenvalue weighted by molar-refractivity contribution is 6.16. The van der Waals surface area contributed by atoms with Gasteiger partial charge in [-0.25, -0.2) is 0 Å². The third-order valence-electron chi connectivity index (χ3n) is 2.45. The van der Waals surface area contributed by atoms with Gasteiger partial charge >= 0.3 is 0 Å². The Morgan fingerprint density at radius 3 is 2.71 bits per heavy atom. The second-order valence-corrected chi connectivity index (χ2v) is 4.04. The topological polar surface area (TPSA) is 39.9 Å². The van der Waals surface area contributed by atoms with Crippen LogP contribution in [-0.4, -0.2) is 21.9 Å². The zero-order valence-corrected chi connectivity index (χ0v) is 10.6. The summed E-state index contributed by atoms with van der Waals surface area (Å²) in [5.41, 5.74) is 2.19. The first-order valence-electron chi connectivity index (χ1n) is 5.31. The van der Waals surface area contributed by atoms with E-state index >= 15 is 0 Å². The van der Waals surface area contributed by atoms with Crippen molar-refractivity contribution in [2.45, 2.75) is 19.4 Å². The van der Waals surface area contributed by atoms with Crippen LogP contribution in [0.3, 0.4) is 0 Å². The number of ether oxygens (including phenoxy) is 1. The molecule has 0 unspecified atom stereocenters. The molecular formula is C12H14ClN3O. The lowest BCUT2D eigenvalue weighted by atomic mass is 10.2. The van der Waals surface area contributed by atoms with Crippen molar-refractivity contribution in [2.75, 3.05) is 7.11 Å². The van der Waals surface area contributed by atoms with E-state index in [9.17, 15) is 0 Å². The van der Waals surface area contributed by atoms with Gasteiger partial charge in [0.15, 0.2) is 11.6 Å². The average molecular weight is 252 g/mol. The molecule has 0 atom stereocenters. The molecular weight excluding hydrogens is 238 g/mol. The molecule has 0 N–H and O–H groups in total. The first-order chi connectivity index (χ1) is 8.26. The number of hydrogen-bond donors (Lipinski definition) is 0. The molecule has 0 aliphatic heterocycles. The van der Waals surface area contributed by atoms with Crippen molar-refractivity contribution in [3.05, 3.63) is 41.5 Å². The quantitative estimate of drug-likeness (QED) is 0.784. The molecule has 0 saturated heterocycles. The maximum Gasteiger partial charge on any atom is 0.163 e. The smallest absolute Gasteiger partial charge is 0.163 e. The Bertz CT molecular complexity index is 510. The van der Waals surface area contributed by atoms with Crippen molar-refractivity contribution in [2.24, 2.45) is 0 Å². The van der Waals surface area contributed by atoms with Gasteiger partial charge in [-0.1, -0.05) is 12.1 Å². The van der Waals surface area contributed by atoms with Crippen molar-refractivity contribution in [1.29, 1.82) is 0 Å². The molecule has 2 aromatic rings. The van der Waals surface area contributed by atoms with Crippen LogP contribution in [0.5, 0.6) is 0 Å². The van der Waals surface area contributed by atoms with E-state index in [1.807, 2.05) is 29.7 Å². The second-order valence-electron chi connectivity index (χ2n) is 3.77. The number of hydrogen-bond acceptors (Lipinski definition) is 3. The van der Waals surface area contributed by atoms with Crippen molar-refractivity contribution < 1.29 is 4.74 Å². The number of methoxy groups -OCH3 is 1. The molecule has 4 nitrogen and oxygen atoms in total. The van der Waals surface area contributed by atoms with Crippen LogP contribution in [0.25, 0.3) is 5.69 Å². The highest BCUT2D eigenvalue weighted by Gasteiger charge is 2.12. The summed E-state index contributed by atoms with van der Waals surface area (Å²) in [7, 11) is 1.63. The number of halogens is 1. The summed E-state index contributed by atoms with van der Waals surface area (Å²) in [5.74, 6) is 1.81. The van der Waals surface area contributed by atoms with Crippen molar-refractivity contribution in [3.63, 3.8) is 0 Å². The van der Waals surface area contributed by atoms with Crippen molar-refractivity contribution in [1.82, 2.24) is 14.8 Å². The highest BCUT2D eigenvalue weighted by atomic mass is 35.5. The van der Waals surface area contributed by atoms with Gasteiger partial charge in [0.1, 0.15) is 6.61 Å². The van der Waals surface area contributed by atoms with Crippen LogP contribution >= 0.6 is 11.6 Å². The number of alkyl halides is 1. The first-order valence-corrected chi connectivity index (χ1v) is 5.85. The summed E-state index contributed by atoms with van der Waals surface area (Å²) >= 11 is 5.87. The lowest BCUT2D eigenvalue weighted by Crippen LogP contribution is -2.05. The van der Waals surface area contributed by atoms with Gasteiger partial charge in [-0.05, 0) is 24.6 Å². The van der Waals surface area contributed by atoms with Crippen molar-refractivity contribution in [3.8, 4) is 5.69 Å². The summed E-state index contributed by atoms with van der Waals surface area (Å²) < 4.78 is 7.05. The summed E-state index contributed by atoms with van der Waals surface area (Å²) in [6, 6.07) is 8.12. The fourth-order valence-corrected chi connectivity index (χ4v) is 1.90. The van der Waals surface area contributed by atoms with Crippen LogP contribution < -0.4 is 0 Å². The SMILES string of the molecule is COCc1nnc(CCl)n1-c1cccc(C)c1. The van der Waals surface area contributed by atoms with Gasteiger partial charge in [-0.2, -0.15) is 0 Å². The Morgan fingerprint density at radius 2 is 2.06 bits per heavy atom. The molecule has 0 amide bonds. The largest absolute Gasteiger partial charge is 0.377 e. The number of aryl methyl sites for hydroxylation is 1. The zero-order chi connectivity index (χ0) is 12.3. The molecule has 0 bridgehead atoms. The number of nitrogens with zero attached hydrogens (tertiary/aromatic N) is 3. The van der Waals surface area contributed by atoms with Gasteiger partial charge in [-0.15, -0.1) is 21.8 Å². The van der Waals surface area contributed by atoms with Crippen LogP contribution in [0.15, 0.2) is 24.3 Å². The Hall–Kier alpha value is -1.39. The van der Waals surface area contributed by atoms with E-state index in [4.69, 9.17) is 16.3 Å². The van der Waals surface area contributed by atoms with Crippen LogP contribution in [0.2, 0.25) is 0 Å². The van der Waals surface area contributed by atoms with E-state index in [1.165, 1.54) is 5.56 Å². The van der Waals surface area contributed by atoms with Gasteiger partial charge in [0, 0.05) is 12.8 Å². The average Bonchev–Trinajstić information content (AvgIpc) is 2.72. The minimum Gasteiger partial charge on any atom is -0.377 e. The van der Waals surface area contributed by atoms with Crippen LogP contribution in [0.1, 0.15) is 17.2 Å². The molecule has 0 aliphatic carbocycles. The van der Waals surface area contributed by atoms with Gasteiger partial charge in [0.25, 0.3) is 0 Å². The first kappa shape index (κ1) is 12.1. The van der Waals surface area contributed by atoms with Crippen LogP contribution in [0.4, 0.5) is 0 Å². The summed E-state index contributed by atoms with van der Waals surface area (Å²) in [6.45, 7) is 2.46. The third kappa shape index (κ3) is 2.48. The van der Waals surface area contributed by atoms with Gasteiger partial charge in [-0.3, -0.25) is 4.57 Å². The normalized spacial score (nSPS) is 10.8. The Labute approximate surface area is 105 Å². The molecule has 1 aromatic carbocycles. The van der Waals surface area contributed by atoms with E-state index in [1.54, 1.807) is 7.11 Å². The number of aromatic nitrogens is 3. The second kappa shape index (κ2) is 5.29. The van der Waals surface area contributed by atoms with E-state index < -0.39 is 0 Å². The summed E-state index contributed by atoms with van der Waals surface area (Å²) in [4.78, 5) is 0. The van der Waals surface area contributed by atoms with Gasteiger partial charge in [0.05, 0.1) is 5.88 Å². The Kier molecular flexibility index (Phi) is 3.76. The number of benzene rings is 1. The van der Waals surface area contributed by atoms with E-state index in [-0.39, 0.29) is 0 Å². The molecule has 0 fully saturated rings. The van der Waals surface area contributed by atoms with E-state index in [0.29, 0.717) is 12.5 Å². The predicted octanol–water partition coefficient (Wildman–Crippen LogP) is 2.46. The molecule has 5 heteroatoms. The van der Waals surface area contributed by atoms with Crippen molar-refractivity contribution >= 4 is 11.6 Å². The molecule has 1 heterocycles. The van der Waals surface area contributed by atoms with E-state index in [0.717, 1.165) is 17.3 Å². The third-order valence-corrected chi connectivity index (χ3v) is 2.69. The molecule has 90 valence electrons. The maximum atomic E-state index is 5.87. The fraction of sp³-hybridized carbons (Fsp3) is 0.333. The maximum absolute atomic E-state index is 5.87. The Morgan fingerprint density at radius 1 is 1.29 bits per heavy atom. The van der Waals surface area contributed by atoms with Crippen LogP contribution in [-0.2, 0) is 17.2 Å². The molecule has 0 saturated carbocycles. The monoisotopic (exact) mass is 251 g/mol. The Balaban J connectivity index is 2.51. The number of rotatable bonds is 4. The molecule has 1 aromatic heterocycles.